The first-order valence-corrected chi connectivity index (χ1v) is 7.89. The number of aromatic carboxylic acids is 1. The van der Waals surface area contributed by atoms with E-state index < -0.39 is 11.9 Å². The normalized spacial score (nSPS) is 19.6. The number of amides is 1. The summed E-state index contributed by atoms with van der Waals surface area (Å²) in [6.07, 6.45) is 1.85. The summed E-state index contributed by atoms with van der Waals surface area (Å²) in [7, 11) is 0. The first-order valence-electron chi connectivity index (χ1n) is 7.89. The first-order chi connectivity index (χ1) is 12.0. The second-order valence-corrected chi connectivity index (χ2v) is 5.84. The second-order valence-electron chi connectivity index (χ2n) is 5.84. The molecule has 2 heterocycles. The highest BCUT2D eigenvalue weighted by Gasteiger charge is 2.30. The van der Waals surface area contributed by atoms with Crippen molar-refractivity contribution in [2.45, 2.75) is 12.5 Å². The van der Waals surface area contributed by atoms with Crippen molar-refractivity contribution in [3.05, 3.63) is 65.2 Å². The van der Waals surface area contributed by atoms with Gasteiger partial charge in [0, 0.05) is 25.3 Å². The zero-order chi connectivity index (χ0) is 17.8. The maximum atomic E-state index is 13.1. The molecule has 1 saturated heterocycles. The number of rotatable bonds is 5. The fourth-order valence-corrected chi connectivity index (χ4v) is 2.87. The maximum Gasteiger partial charge on any atom is 0.335 e. The molecule has 0 saturated carbocycles. The van der Waals surface area contributed by atoms with Gasteiger partial charge >= 0.3 is 5.97 Å². The number of hydrogen-bond acceptors (Lipinski definition) is 4. The number of halogens is 1. The molecular weight excluding hydrogens is 327 g/mol. The van der Waals surface area contributed by atoms with Crippen LogP contribution in [0.2, 0.25) is 0 Å². The molecule has 3 rings (SSSR count). The van der Waals surface area contributed by atoms with E-state index in [1.807, 2.05) is 0 Å². The van der Waals surface area contributed by atoms with Crippen molar-refractivity contribution in [1.82, 2.24) is 10.3 Å². The number of carboxylic acids is 1. The molecule has 0 bridgehead atoms. The van der Waals surface area contributed by atoms with Gasteiger partial charge in [-0.15, -0.1) is 0 Å². The van der Waals surface area contributed by atoms with Gasteiger partial charge in [0.25, 0.3) is 5.91 Å². The van der Waals surface area contributed by atoms with Gasteiger partial charge in [-0.1, -0.05) is 12.1 Å². The Hall–Kier alpha value is -2.80. The standard InChI is InChI=1S/C18H17FN2O4/c19-14-3-1-11(2-4-14)16-13(6-8-25-16)10-21-17(22)15-9-12(18(23)24)5-7-20-15/h1-5,7,9,13,16H,6,8,10H2,(H,21,22)(H,23,24)/t13-,16-/m0/s1. The topological polar surface area (TPSA) is 88.5 Å². The van der Waals surface area contributed by atoms with Gasteiger partial charge in [-0.25, -0.2) is 9.18 Å². The van der Waals surface area contributed by atoms with Crippen LogP contribution in [-0.2, 0) is 4.74 Å². The van der Waals surface area contributed by atoms with Crippen molar-refractivity contribution in [2.75, 3.05) is 13.2 Å². The van der Waals surface area contributed by atoms with Crippen molar-refractivity contribution < 1.29 is 23.8 Å². The van der Waals surface area contributed by atoms with Crippen molar-refractivity contribution in [3.63, 3.8) is 0 Å². The van der Waals surface area contributed by atoms with E-state index in [0.717, 1.165) is 12.0 Å². The summed E-state index contributed by atoms with van der Waals surface area (Å²) >= 11 is 0. The van der Waals surface area contributed by atoms with Crippen LogP contribution in [-0.4, -0.2) is 35.1 Å². The number of carboxylic acid groups (broad SMARTS) is 1. The summed E-state index contributed by atoms with van der Waals surface area (Å²) in [4.78, 5) is 27.1. The third-order valence-electron chi connectivity index (χ3n) is 4.18. The van der Waals surface area contributed by atoms with Gasteiger partial charge in [0.15, 0.2) is 0 Å². The number of nitrogens with zero attached hydrogens (tertiary/aromatic N) is 1. The lowest BCUT2D eigenvalue weighted by Crippen LogP contribution is -2.31. The molecule has 0 radical (unpaired) electrons. The van der Waals surface area contributed by atoms with E-state index in [1.54, 1.807) is 12.1 Å². The summed E-state index contributed by atoms with van der Waals surface area (Å²) < 4.78 is 18.8. The predicted octanol–water partition coefficient (Wildman–Crippen LogP) is 2.43. The van der Waals surface area contributed by atoms with Crippen LogP contribution in [0.15, 0.2) is 42.6 Å². The maximum absolute atomic E-state index is 13.1. The number of hydrogen-bond donors (Lipinski definition) is 2. The van der Waals surface area contributed by atoms with Crippen LogP contribution in [0.5, 0.6) is 0 Å². The number of pyridine rings is 1. The Labute approximate surface area is 143 Å². The Balaban J connectivity index is 1.64. The molecule has 2 N–H and O–H groups in total. The summed E-state index contributed by atoms with van der Waals surface area (Å²) in [5, 5.41) is 11.7. The monoisotopic (exact) mass is 344 g/mol. The average molecular weight is 344 g/mol. The molecule has 1 aromatic heterocycles. The van der Waals surface area contributed by atoms with Crippen LogP contribution in [0.4, 0.5) is 4.39 Å². The quantitative estimate of drug-likeness (QED) is 0.870. The average Bonchev–Trinajstić information content (AvgIpc) is 3.09. The minimum Gasteiger partial charge on any atom is -0.478 e. The molecule has 7 heteroatoms. The summed E-state index contributed by atoms with van der Waals surface area (Å²) in [5.74, 6) is -1.81. The predicted molar refractivity (Wildman–Crippen MR) is 86.7 cm³/mol. The number of aromatic nitrogens is 1. The molecule has 25 heavy (non-hydrogen) atoms. The van der Waals surface area contributed by atoms with Crippen LogP contribution < -0.4 is 5.32 Å². The number of nitrogens with one attached hydrogen (secondary N) is 1. The third-order valence-corrected chi connectivity index (χ3v) is 4.18. The van der Waals surface area contributed by atoms with E-state index in [2.05, 4.69) is 10.3 Å². The summed E-state index contributed by atoms with van der Waals surface area (Å²) in [6.45, 7) is 0.926. The molecule has 1 fully saturated rings. The molecule has 1 amide bonds. The molecule has 2 aromatic rings. The molecule has 1 aliphatic heterocycles. The van der Waals surface area contributed by atoms with Crippen molar-refractivity contribution in [2.24, 2.45) is 5.92 Å². The lowest BCUT2D eigenvalue weighted by Gasteiger charge is -2.19. The van der Waals surface area contributed by atoms with Crippen LogP contribution in [0.3, 0.4) is 0 Å². The lowest BCUT2D eigenvalue weighted by atomic mass is 9.95. The van der Waals surface area contributed by atoms with Gasteiger partial charge in [0.1, 0.15) is 11.5 Å². The number of carbonyl (C=O) groups is 2. The minimum atomic E-state index is -1.11. The van der Waals surface area contributed by atoms with Gasteiger partial charge in [0.05, 0.1) is 11.7 Å². The SMILES string of the molecule is O=C(O)c1ccnc(C(=O)NC[C@@H]2CCO[C@H]2c2ccc(F)cc2)c1. The molecule has 1 aliphatic rings. The summed E-state index contributed by atoms with van der Waals surface area (Å²) in [6, 6.07) is 8.69. The number of benzene rings is 1. The lowest BCUT2D eigenvalue weighted by molar-refractivity contribution is 0.0696. The summed E-state index contributed by atoms with van der Waals surface area (Å²) in [5.41, 5.74) is 0.926. The molecule has 130 valence electrons. The van der Waals surface area contributed by atoms with Crippen molar-refractivity contribution in [1.29, 1.82) is 0 Å². The molecular formula is C18H17FN2O4. The molecule has 6 nitrogen and oxygen atoms in total. The smallest absolute Gasteiger partial charge is 0.335 e. The Morgan fingerprint density at radius 2 is 2.04 bits per heavy atom. The van der Waals surface area contributed by atoms with E-state index >= 15 is 0 Å². The van der Waals surface area contributed by atoms with Crippen LogP contribution in [0.1, 0.15) is 38.9 Å². The van der Waals surface area contributed by atoms with Gasteiger partial charge in [0.2, 0.25) is 0 Å². The van der Waals surface area contributed by atoms with Crippen molar-refractivity contribution in [3.8, 4) is 0 Å². The van der Waals surface area contributed by atoms with E-state index in [0.29, 0.717) is 13.2 Å². The van der Waals surface area contributed by atoms with Gasteiger partial charge in [-0.05, 0) is 36.2 Å². The molecule has 0 unspecified atom stereocenters. The fourth-order valence-electron chi connectivity index (χ4n) is 2.87. The molecule has 0 aliphatic carbocycles. The Morgan fingerprint density at radius 3 is 2.76 bits per heavy atom. The van der Waals surface area contributed by atoms with E-state index in [-0.39, 0.29) is 29.1 Å². The molecule has 0 spiro atoms. The highest BCUT2D eigenvalue weighted by Crippen LogP contribution is 2.34. The van der Waals surface area contributed by atoms with E-state index in [1.165, 1.54) is 30.5 Å². The fraction of sp³-hybridized carbons (Fsp3) is 0.278. The molecule has 2 atom stereocenters. The highest BCUT2D eigenvalue weighted by molar-refractivity contribution is 5.95. The van der Waals surface area contributed by atoms with Crippen LogP contribution in [0.25, 0.3) is 0 Å². The van der Waals surface area contributed by atoms with Crippen LogP contribution >= 0.6 is 0 Å². The largest absolute Gasteiger partial charge is 0.478 e. The first kappa shape index (κ1) is 17.0. The van der Waals surface area contributed by atoms with E-state index in [9.17, 15) is 14.0 Å². The van der Waals surface area contributed by atoms with Gasteiger partial charge in [-0.3, -0.25) is 9.78 Å². The molecule has 1 aromatic carbocycles. The zero-order valence-corrected chi connectivity index (χ0v) is 13.3. The Morgan fingerprint density at radius 1 is 1.28 bits per heavy atom. The highest BCUT2D eigenvalue weighted by atomic mass is 19.1. The zero-order valence-electron chi connectivity index (χ0n) is 13.3. The number of ether oxygens (including phenoxy) is 1. The minimum absolute atomic E-state index is 0.00791. The van der Waals surface area contributed by atoms with Crippen LogP contribution in [0, 0.1) is 11.7 Å². The second kappa shape index (κ2) is 7.40. The Bertz CT molecular complexity index is 779. The van der Waals surface area contributed by atoms with Gasteiger partial charge < -0.3 is 15.2 Å². The van der Waals surface area contributed by atoms with Gasteiger partial charge in [-0.2, -0.15) is 0 Å². The third kappa shape index (κ3) is 4.00. The number of carbonyl (C=O) groups excluding carboxylic acids is 1. The van der Waals surface area contributed by atoms with Crippen molar-refractivity contribution >= 4 is 11.9 Å². The van der Waals surface area contributed by atoms with E-state index in [4.69, 9.17) is 9.84 Å². The Kier molecular flexibility index (Phi) is 5.04.